The molecule has 0 aliphatic carbocycles. The van der Waals surface area contributed by atoms with E-state index in [1.54, 1.807) is 0 Å². The van der Waals surface area contributed by atoms with Gasteiger partial charge in [0.15, 0.2) is 5.37 Å². The van der Waals surface area contributed by atoms with Crippen molar-refractivity contribution < 1.29 is 9.59 Å². The molecule has 1 aromatic rings. The molecule has 1 aliphatic rings. The van der Waals surface area contributed by atoms with Crippen LogP contribution in [0.25, 0.3) is 0 Å². The molecule has 1 aliphatic heterocycles. The van der Waals surface area contributed by atoms with Crippen molar-refractivity contribution >= 4 is 28.6 Å². The third-order valence-corrected chi connectivity index (χ3v) is 3.38. The zero-order chi connectivity index (χ0) is 11.7. The molecule has 0 unspecified atom stereocenters. The molecule has 16 heavy (non-hydrogen) atoms. The first-order valence-corrected chi connectivity index (χ1v) is 5.79. The van der Waals surface area contributed by atoms with Gasteiger partial charge >= 0.3 is 0 Å². The number of hydrogen-bond donors (Lipinski definition) is 2. The van der Waals surface area contributed by atoms with Gasteiger partial charge in [0.05, 0.1) is 0 Å². The Kier molecular flexibility index (Phi) is 2.87. The van der Waals surface area contributed by atoms with E-state index < -0.39 is 5.37 Å². The Morgan fingerprint density at radius 1 is 1.25 bits per heavy atom. The van der Waals surface area contributed by atoms with Crippen molar-refractivity contribution in [3.8, 4) is 0 Å². The molecule has 1 fully saturated rings. The predicted molar refractivity (Wildman–Crippen MR) is 64.5 cm³/mol. The first-order chi connectivity index (χ1) is 7.56. The Balaban J connectivity index is 2.12. The Morgan fingerprint density at radius 2 is 2.00 bits per heavy atom. The van der Waals surface area contributed by atoms with E-state index in [9.17, 15) is 9.59 Å². The first kappa shape index (κ1) is 11.0. The Morgan fingerprint density at radius 3 is 2.56 bits per heavy atom. The van der Waals surface area contributed by atoms with Crippen molar-refractivity contribution in [2.45, 2.75) is 19.2 Å². The van der Waals surface area contributed by atoms with Crippen LogP contribution in [0.4, 0.5) is 10.5 Å². The zero-order valence-electron chi connectivity index (χ0n) is 9.03. The molecule has 1 saturated heterocycles. The minimum Gasteiger partial charge on any atom is -0.365 e. The molecular weight excluding hydrogens is 224 g/mol. The van der Waals surface area contributed by atoms with Gasteiger partial charge in [-0.1, -0.05) is 6.07 Å². The van der Waals surface area contributed by atoms with E-state index in [4.69, 9.17) is 0 Å². The van der Waals surface area contributed by atoms with Gasteiger partial charge in [0.1, 0.15) is 0 Å². The minimum absolute atomic E-state index is 0.284. The van der Waals surface area contributed by atoms with Gasteiger partial charge in [-0.3, -0.25) is 14.9 Å². The normalized spacial score (nSPS) is 19.8. The summed E-state index contributed by atoms with van der Waals surface area (Å²) in [7, 11) is 0. The summed E-state index contributed by atoms with van der Waals surface area (Å²) >= 11 is 0.968. The molecule has 84 valence electrons. The van der Waals surface area contributed by atoms with E-state index >= 15 is 0 Å². The quantitative estimate of drug-likeness (QED) is 0.825. The lowest BCUT2D eigenvalue weighted by atomic mass is 10.1. The second-order valence-corrected chi connectivity index (χ2v) is 4.80. The molecule has 2 rings (SSSR count). The van der Waals surface area contributed by atoms with Crippen LogP contribution in [0.5, 0.6) is 0 Å². The number of anilines is 1. The van der Waals surface area contributed by atoms with Crippen LogP contribution in [0.2, 0.25) is 0 Å². The zero-order valence-corrected chi connectivity index (χ0v) is 9.85. The van der Waals surface area contributed by atoms with Crippen molar-refractivity contribution in [1.29, 1.82) is 0 Å². The molecule has 4 nitrogen and oxygen atoms in total. The SMILES string of the molecule is Cc1ccc(N[C@H]2SC(=O)NC2=O)cc1C. The number of thioether (sulfide) groups is 1. The van der Waals surface area contributed by atoms with Crippen LogP contribution in [0, 0.1) is 13.8 Å². The van der Waals surface area contributed by atoms with Crippen molar-refractivity contribution in [3.05, 3.63) is 29.3 Å². The van der Waals surface area contributed by atoms with Crippen LogP contribution in [0.15, 0.2) is 18.2 Å². The minimum atomic E-state index is -0.519. The van der Waals surface area contributed by atoms with E-state index in [1.807, 2.05) is 32.0 Å². The Labute approximate surface area is 97.8 Å². The highest BCUT2D eigenvalue weighted by atomic mass is 32.2. The smallest absolute Gasteiger partial charge is 0.288 e. The van der Waals surface area contributed by atoms with E-state index in [0.29, 0.717) is 0 Å². The molecule has 0 aromatic heterocycles. The van der Waals surface area contributed by atoms with Crippen LogP contribution >= 0.6 is 11.8 Å². The van der Waals surface area contributed by atoms with Gasteiger partial charge < -0.3 is 5.32 Å². The molecule has 5 heteroatoms. The summed E-state index contributed by atoms with van der Waals surface area (Å²) < 4.78 is 0. The lowest BCUT2D eigenvalue weighted by Crippen LogP contribution is -2.29. The second kappa shape index (κ2) is 4.17. The molecular formula is C11H12N2O2S. The number of rotatable bonds is 2. The molecule has 0 spiro atoms. The van der Waals surface area contributed by atoms with Crippen LogP contribution in [-0.2, 0) is 4.79 Å². The summed E-state index contributed by atoms with van der Waals surface area (Å²) in [5.41, 5.74) is 3.20. The first-order valence-electron chi connectivity index (χ1n) is 4.91. The van der Waals surface area contributed by atoms with Gasteiger partial charge in [0.2, 0.25) is 0 Å². The highest BCUT2D eigenvalue weighted by Crippen LogP contribution is 2.22. The maximum atomic E-state index is 11.3. The largest absolute Gasteiger partial charge is 0.365 e. The van der Waals surface area contributed by atoms with Gasteiger partial charge in [-0.25, -0.2) is 0 Å². The summed E-state index contributed by atoms with van der Waals surface area (Å²) in [6, 6.07) is 5.85. The number of hydrogen-bond acceptors (Lipinski definition) is 4. The second-order valence-electron chi connectivity index (χ2n) is 3.72. The maximum absolute atomic E-state index is 11.3. The lowest BCUT2D eigenvalue weighted by Gasteiger charge is -2.11. The Hall–Kier alpha value is -1.49. The van der Waals surface area contributed by atoms with E-state index in [2.05, 4.69) is 10.6 Å². The highest BCUT2D eigenvalue weighted by Gasteiger charge is 2.31. The highest BCUT2D eigenvalue weighted by molar-refractivity contribution is 8.15. The predicted octanol–water partition coefficient (Wildman–Crippen LogP) is 2.02. The van der Waals surface area contributed by atoms with Crippen LogP contribution < -0.4 is 10.6 Å². The number of amides is 2. The third kappa shape index (κ3) is 2.19. The summed E-state index contributed by atoms with van der Waals surface area (Å²) in [6.07, 6.45) is 0. The number of nitrogens with one attached hydrogen (secondary N) is 2. The van der Waals surface area contributed by atoms with Gasteiger partial charge in [0, 0.05) is 5.69 Å². The topological polar surface area (TPSA) is 58.2 Å². The lowest BCUT2D eigenvalue weighted by molar-refractivity contribution is -0.118. The molecule has 0 bridgehead atoms. The summed E-state index contributed by atoms with van der Waals surface area (Å²) in [4.78, 5) is 22.3. The van der Waals surface area contributed by atoms with Gasteiger partial charge in [0.25, 0.3) is 11.1 Å². The number of aryl methyl sites for hydroxylation is 2. The fourth-order valence-electron chi connectivity index (χ4n) is 1.43. The molecule has 2 N–H and O–H groups in total. The van der Waals surface area contributed by atoms with E-state index in [0.717, 1.165) is 23.0 Å². The monoisotopic (exact) mass is 236 g/mol. The van der Waals surface area contributed by atoms with Crippen molar-refractivity contribution in [3.63, 3.8) is 0 Å². The van der Waals surface area contributed by atoms with E-state index in [1.165, 1.54) is 5.56 Å². The number of imide groups is 1. The molecule has 1 heterocycles. The number of benzene rings is 1. The molecule has 1 aromatic carbocycles. The fraction of sp³-hybridized carbons (Fsp3) is 0.273. The molecule has 0 radical (unpaired) electrons. The van der Waals surface area contributed by atoms with Gasteiger partial charge in [-0.15, -0.1) is 0 Å². The van der Waals surface area contributed by atoms with Crippen molar-refractivity contribution in [2.75, 3.05) is 5.32 Å². The molecule has 2 amide bonds. The van der Waals surface area contributed by atoms with Gasteiger partial charge in [-0.2, -0.15) is 0 Å². The van der Waals surface area contributed by atoms with Crippen molar-refractivity contribution in [2.24, 2.45) is 0 Å². The van der Waals surface area contributed by atoms with E-state index in [-0.39, 0.29) is 11.1 Å². The standard InChI is InChI=1S/C11H12N2O2S/c1-6-3-4-8(5-7(6)2)12-10-9(14)13-11(15)16-10/h3-5,10,12H,1-2H3,(H,13,14,15)/t10-/m0/s1. The van der Waals surface area contributed by atoms with Crippen molar-refractivity contribution in [1.82, 2.24) is 5.32 Å². The van der Waals surface area contributed by atoms with Crippen LogP contribution in [0.3, 0.4) is 0 Å². The summed E-state index contributed by atoms with van der Waals surface area (Å²) in [6.45, 7) is 4.03. The third-order valence-electron chi connectivity index (χ3n) is 2.49. The van der Waals surface area contributed by atoms with Gasteiger partial charge in [-0.05, 0) is 48.9 Å². The summed E-state index contributed by atoms with van der Waals surface area (Å²) in [5.74, 6) is -0.284. The number of carbonyl (C=O) groups excluding carboxylic acids is 2. The average Bonchev–Trinajstić information content (AvgIpc) is 2.51. The molecule has 1 atom stereocenters. The Bertz CT molecular complexity index is 459. The maximum Gasteiger partial charge on any atom is 0.288 e. The molecule has 0 saturated carbocycles. The van der Waals surface area contributed by atoms with Crippen LogP contribution in [-0.4, -0.2) is 16.5 Å². The summed E-state index contributed by atoms with van der Waals surface area (Å²) in [5, 5.41) is 4.44. The average molecular weight is 236 g/mol. The number of carbonyl (C=O) groups is 2. The fourth-order valence-corrected chi connectivity index (χ4v) is 2.17. The van der Waals surface area contributed by atoms with Crippen LogP contribution in [0.1, 0.15) is 11.1 Å².